The molecule has 0 spiro atoms. The molecule has 118 valence electrons. The van der Waals surface area contributed by atoms with Gasteiger partial charge in [-0.25, -0.2) is 0 Å². The lowest BCUT2D eigenvalue weighted by atomic mass is 10.0. The number of methoxy groups -OCH3 is 1. The van der Waals surface area contributed by atoms with E-state index in [2.05, 4.69) is 33.9 Å². The van der Waals surface area contributed by atoms with E-state index in [1.165, 1.54) is 0 Å². The van der Waals surface area contributed by atoms with Gasteiger partial charge in [-0.05, 0) is 22.7 Å². The van der Waals surface area contributed by atoms with Gasteiger partial charge in [0, 0.05) is 6.42 Å². The molecule has 4 heteroatoms. The molecule has 1 aromatic rings. The summed E-state index contributed by atoms with van der Waals surface area (Å²) in [5, 5.41) is 11.0. The van der Waals surface area contributed by atoms with Crippen molar-refractivity contribution < 1.29 is 14.6 Å². The Kier molecular flexibility index (Phi) is 4.26. The molecular weight excluding hydrogens is 280 g/mol. The molecular formula is C17H28O3Si. The van der Waals surface area contributed by atoms with Crippen molar-refractivity contribution >= 4 is 8.07 Å². The molecule has 1 N–H and O–H groups in total. The number of aliphatic hydroxyl groups is 1. The fourth-order valence-electron chi connectivity index (χ4n) is 2.74. The van der Waals surface area contributed by atoms with Crippen LogP contribution in [-0.4, -0.2) is 33.0 Å². The molecule has 1 aromatic carbocycles. The lowest BCUT2D eigenvalue weighted by Gasteiger charge is -2.49. The maximum atomic E-state index is 11.7. The molecule has 3 nitrogen and oxygen atoms in total. The summed E-state index contributed by atoms with van der Waals surface area (Å²) in [6.07, 6.45) is 0.891. The van der Waals surface area contributed by atoms with Crippen LogP contribution < -0.4 is 4.74 Å². The van der Waals surface area contributed by atoms with E-state index >= 15 is 0 Å². The molecule has 1 heterocycles. The van der Waals surface area contributed by atoms with E-state index in [0.29, 0.717) is 6.42 Å². The largest absolute Gasteiger partial charge is 0.497 e. The zero-order valence-corrected chi connectivity index (χ0v) is 15.1. The summed E-state index contributed by atoms with van der Waals surface area (Å²) in [6, 6.07) is 7.87. The first kappa shape index (κ1) is 16.5. The van der Waals surface area contributed by atoms with Gasteiger partial charge in [-0.3, -0.25) is 0 Å². The first-order valence-corrected chi connectivity index (χ1v) is 10.6. The monoisotopic (exact) mass is 308 g/mol. The third kappa shape index (κ3) is 3.03. The van der Waals surface area contributed by atoms with E-state index in [1.807, 2.05) is 24.3 Å². The summed E-state index contributed by atoms with van der Waals surface area (Å²) in [6.45, 7) is 12.0. The predicted octanol–water partition coefficient (Wildman–Crippen LogP) is 3.72. The van der Waals surface area contributed by atoms with Crippen molar-refractivity contribution in [1.82, 2.24) is 0 Å². The van der Waals surface area contributed by atoms with Crippen LogP contribution in [0.3, 0.4) is 0 Å². The van der Waals surface area contributed by atoms with Crippen LogP contribution in [0.1, 0.15) is 32.8 Å². The van der Waals surface area contributed by atoms with Crippen LogP contribution in [0.2, 0.25) is 18.1 Å². The number of ether oxygens (including phenoxy) is 2. The lowest BCUT2D eigenvalue weighted by Crippen LogP contribution is -2.58. The maximum absolute atomic E-state index is 11.7. The molecule has 0 aliphatic carbocycles. The van der Waals surface area contributed by atoms with Crippen molar-refractivity contribution in [2.24, 2.45) is 0 Å². The van der Waals surface area contributed by atoms with Gasteiger partial charge < -0.3 is 14.6 Å². The Balaban J connectivity index is 2.44. The molecule has 1 saturated heterocycles. The fourth-order valence-corrected chi connectivity index (χ4v) is 5.60. The van der Waals surface area contributed by atoms with E-state index in [0.717, 1.165) is 17.9 Å². The second kappa shape index (κ2) is 5.41. The molecule has 1 aliphatic rings. The minimum absolute atomic E-state index is 0.0938. The Hall–Kier alpha value is -0.843. The Morgan fingerprint density at radius 1 is 1.24 bits per heavy atom. The van der Waals surface area contributed by atoms with Gasteiger partial charge in [0.1, 0.15) is 5.75 Å². The van der Waals surface area contributed by atoms with Gasteiger partial charge in [0.15, 0.2) is 0 Å². The minimum Gasteiger partial charge on any atom is -0.497 e. The van der Waals surface area contributed by atoms with Crippen LogP contribution in [0, 0.1) is 0 Å². The molecule has 2 rings (SSSR count). The summed E-state index contributed by atoms with van der Waals surface area (Å²) >= 11 is 0. The SMILES string of the molecule is COc1ccc(C(O)(CC2CO2)[Si](C)(C)C(C)(C)C)cc1. The number of benzene rings is 1. The van der Waals surface area contributed by atoms with Crippen LogP contribution in [-0.2, 0) is 9.96 Å². The molecule has 0 bridgehead atoms. The smallest absolute Gasteiger partial charge is 0.118 e. The van der Waals surface area contributed by atoms with E-state index in [4.69, 9.17) is 9.47 Å². The average Bonchev–Trinajstić information content (AvgIpc) is 3.21. The maximum Gasteiger partial charge on any atom is 0.118 e. The molecule has 1 aliphatic heterocycles. The molecule has 21 heavy (non-hydrogen) atoms. The highest BCUT2D eigenvalue weighted by Gasteiger charge is 2.55. The number of hydrogen-bond acceptors (Lipinski definition) is 3. The van der Waals surface area contributed by atoms with Gasteiger partial charge in [0.2, 0.25) is 0 Å². The standard InChI is InChI=1S/C17H28O3Si/c1-16(2,3)21(5,6)17(18,11-15-12-20-15)13-7-9-14(19-4)10-8-13/h7-10,15,18H,11-12H2,1-6H3. The molecule has 0 saturated carbocycles. The molecule has 1 fully saturated rings. The third-order valence-electron chi connectivity index (χ3n) is 5.40. The quantitative estimate of drug-likeness (QED) is 0.666. The van der Waals surface area contributed by atoms with Gasteiger partial charge in [-0.1, -0.05) is 46.0 Å². The Morgan fingerprint density at radius 2 is 1.76 bits per heavy atom. The minimum atomic E-state index is -2.02. The van der Waals surface area contributed by atoms with Crippen LogP contribution >= 0.6 is 0 Å². The highest BCUT2D eigenvalue weighted by molar-refractivity contribution is 6.82. The van der Waals surface area contributed by atoms with Gasteiger partial charge in [-0.15, -0.1) is 0 Å². The Bertz CT molecular complexity index is 486. The molecule has 0 amide bonds. The van der Waals surface area contributed by atoms with E-state index < -0.39 is 13.3 Å². The Labute approximate surface area is 129 Å². The van der Waals surface area contributed by atoms with Crippen LogP contribution in [0.4, 0.5) is 0 Å². The van der Waals surface area contributed by atoms with E-state index in [1.54, 1.807) is 7.11 Å². The topological polar surface area (TPSA) is 42.0 Å². The van der Waals surface area contributed by atoms with Crippen molar-refractivity contribution in [2.75, 3.05) is 13.7 Å². The molecule has 0 radical (unpaired) electrons. The Morgan fingerprint density at radius 3 is 2.14 bits per heavy atom. The predicted molar refractivity (Wildman–Crippen MR) is 88.4 cm³/mol. The fraction of sp³-hybridized carbons (Fsp3) is 0.647. The second-order valence-corrected chi connectivity index (χ2v) is 13.2. The van der Waals surface area contributed by atoms with Crippen LogP contribution in [0.5, 0.6) is 5.75 Å². The first-order chi connectivity index (χ1) is 9.62. The molecule has 2 unspecified atom stereocenters. The van der Waals surface area contributed by atoms with Gasteiger partial charge >= 0.3 is 0 Å². The highest BCUT2D eigenvalue weighted by Crippen LogP contribution is 2.50. The van der Waals surface area contributed by atoms with Gasteiger partial charge in [0.25, 0.3) is 0 Å². The van der Waals surface area contributed by atoms with Crippen molar-refractivity contribution in [3.05, 3.63) is 29.8 Å². The third-order valence-corrected chi connectivity index (χ3v) is 11.7. The zero-order chi connectivity index (χ0) is 15.9. The number of hydrogen-bond donors (Lipinski definition) is 1. The van der Waals surface area contributed by atoms with Gasteiger partial charge in [-0.2, -0.15) is 0 Å². The summed E-state index contributed by atoms with van der Waals surface area (Å²) in [5.41, 5.74) is 0.991. The van der Waals surface area contributed by atoms with Crippen molar-refractivity contribution in [2.45, 2.75) is 56.7 Å². The number of epoxide rings is 1. The zero-order valence-electron chi connectivity index (χ0n) is 14.1. The van der Waals surface area contributed by atoms with E-state index in [-0.39, 0.29) is 11.1 Å². The molecule has 0 aromatic heterocycles. The van der Waals surface area contributed by atoms with Crippen molar-refractivity contribution in [1.29, 1.82) is 0 Å². The van der Waals surface area contributed by atoms with Crippen LogP contribution in [0.15, 0.2) is 24.3 Å². The van der Waals surface area contributed by atoms with Crippen molar-refractivity contribution in [3.8, 4) is 5.75 Å². The average molecular weight is 308 g/mol. The van der Waals surface area contributed by atoms with Crippen LogP contribution in [0.25, 0.3) is 0 Å². The normalized spacial score (nSPS) is 21.8. The first-order valence-electron chi connectivity index (χ1n) is 7.60. The highest BCUT2D eigenvalue weighted by atomic mass is 28.3. The second-order valence-electron chi connectivity index (χ2n) is 7.62. The number of rotatable bonds is 5. The summed E-state index contributed by atoms with van der Waals surface area (Å²) in [4.78, 5) is 0. The van der Waals surface area contributed by atoms with E-state index in [9.17, 15) is 5.11 Å². The van der Waals surface area contributed by atoms with Crippen molar-refractivity contribution in [3.63, 3.8) is 0 Å². The summed E-state index contributed by atoms with van der Waals surface area (Å²) in [5.74, 6) is 0.819. The van der Waals surface area contributed by atoms with Gasteiger partial charge in [0.05, 0.1) is 33.1 Å². The molecule has 2 atom stereocenters. The lowest BCUT2D eigenvalue weighted by molar-refractivity contribution is 0.0888. The summed E-state index contributed by atoms with van der Waals surface area (Å²) < 4.78 is 10.6. The summed E-state index contributed by atoms with van der Waals surface area (Å²) in [7, 11) is -0.355.